The van der Waals surface area contributed by atoms with Crippen molar-refractivity contribution in [1.29, 1.82) is 0 Å². The Morgan fingerprint density at radius 2 is 2.20 bits per heavy atom. The molecule has 7 heteroatoms. The van der Waals surface area contributed by atoms with Gasteiger partial charge in [0.1, 0.15) is 5.82 Å². The van der Waals surface area contributed by atoms with Crippen molar-refractivity contribution in [3.8, 4) is 5.75 Å². The highest BCUT2D eigenvalue weighted by Gasteiger charge is 2.31. The van der Waals surface area contributed by atoms with Crippen molar-refractivity contribution >= 4 is 11.8 Å². The maximum Gasteiger partial charge on any atom is 0.320 e. The molecule has 0 unspecified atom stereocenters. The molecule has 0 saturated heterocycles. The molecule has 4 rings (SSSR count). The second-order valence-corrected chi connectivity index (χ2v) is 6.69. The summed E-state index contributed by atoms with van der Waals surface area (Å²) in [6.45, 7) is 2.49. The standard InChI is InChI=1S/C18H21FN4O2/c1-11(12-5-6-12)23-16(7-9-20-23)22-18(24)21-15-8-10-25-17-13(15)3-2-4-14(17)19/h2-4,7,9,11-12,15H,5-6,8,10H2,1H3,(H2,21,22,24)/t11-,15+/m1/s1. The highest BCUT2D eigenvalue weighted by molar-refractivity contribution is 5.88. The van der Waals surface area contributed by atoms with Crippen LogP contribution in [0.2, 0.25) is 0 Å². The number of para-hydroxylation sites is 1. The predicted octanol–water partition coefficient (Wildman–Crippen LogP) is 3.64. The molecule has 1 aromatic carbocycles. The van der Waals surface area contributed by atoms with Crippen molar-refractivity contribution in [2.24, 2.45) is 5.92 Å². The predicted molar refractivity (Wildman–Crippen MR) is 91.1 cm³/mol. The Hall–Kier alpha value is -2.57. The molecule has 0 radical (unpaired) electrons. The van der Waals surface area contributed by atoms with E-state index in [0.29, 0.717) is 30.3 Å². The third kappa shape index (κ3) is 3.18. The van der Waals surface area contributed by atoms with Crippen LogP contribution in [0.3, 0.4) is 0 Å². The lowest BCUT2D eigenvalue weighted by Crippen LogP contribution is -2.36. The maximum absolute atomic E-state index is 13.8. The largest absolute Gasteiger partial charge is 0.490 e. The molecule has 1 aliphatic carbocycles. The summed E-state index contributed by atoms with van der Waals surface area (Å²) in [6.07, 6.45) is 4.70. The third-order valence-corrected chi connectivity index (χ3v) is 4.93. The number of rotatable bonds is 4. The molecule has 2 aromatic rings. The average molecular weight is 344 g/mol. The molecule has 2 aliphatic rings. The minimum atomic E-state index is -0.402. The number of hydrogen-bond acceptors (Lipinski definition) is 3. The molecule has 2 atom stereocenters. The number of benzene rings is 1. The van der Waals surface area contributed by atoms with Gasteiger partial charge >= 0.3 is 6.03 Å². The van der Waals surface area contributed by atoms with Gasteiger partial charge in [-0.15, -0.1) is 0 Å². The first-order valence-corrected chi connectivity index (χ1v) is 8.65. The molecule has 1 saturated carbocycles. The molecule has 6 nitrogen and oxygen atoms in total. The number of nitrogens with zero attached hydrogens (tertiary/aromatic N) is 2. The number of urea groups is 1. The van der Waals surface area contributed by atoms with E-state index in [9.17, 15) is 9.18 Å². The molecule has 1 fully saturated rings. The number of aromatic nitrogens is 2. The molecule has 132 valence electrons. The fraction of sp³-hybridized carbons (Fsp3) is 0.444. The molecule has 1 aliphatic heterocycles. The Morgan fingerprint density at radius 1 is 1.36 bits per heavy atom. The van der Waals surface area contributed by atoms with Gasteiger partial charge in [0.05, 0.1) is 24.9 Å². The van der Waals surface area contributed by atoms with Crippen LogP contribution in [0.1, 0.15) is 43.8 Å². The van der Waals surface area contributed by atoms with E-state index in [-0.39, 0.29) is 23.9 Å². The van der Waals surface area contributed by atoms with Crippen LogP contribution in [0, 0.1) is 11.7 Å². The summed E-state index contributed by atoms with van der Waals surface area (Å²) in [5.74, 6) is 1.13. The van der Waals surface area contributed by atoms with Gasteiger partial charge in [-0.1, -0.05) is 12.1 Å². The second-order valence-electron chi connectivity index (χ2n) is 6.69. The van der Waals surface area contributed by atoms with E-state index < -0.39 is 5.82 Å². The van der Waals surface area contributed by atoms with Crippen LogP contribution in [0.15, 0.2) is 30.5 Å². The lowest BCUT2D eigenvalue weighted by molar-refractivity contribution is 0.227. The summed E-state index contributed by atoms with van der Waals surface area (Å²) in [6, 6.07) is 6.21. The number of anilines is 1. The highest BCUT2D eigenvalue weighted by atomic mass is 19.1. The summed E-state index contributed by atoms with van der Waals surface area (Å²) in [7, 11) is 0. The number of carbonyl (C=O) groups excluding carboxylic acids is 1. The zero-order valence-electron chi connectivity index (χ0n) is 14.0. The lowest BCUT2D eigenvalue weighted by Gasteiger charge is -2.27. The lowest BCUT2D eigenvalue weighted by atomic mass is 10.0. The third-order valence-electron chi connectivity index (χ3n) is 4.93. The van der Waals surface area contributed by atoms with Crippen molar-refractivity contribution in [3.05, 3.63) is 41.8 Å². The van der Waals surface area contributed by atoms with E-state index in [2.05, 4.69) is 22.7 Å². The van der Waals surface area contributed by atoms with E-state index in [4.69, 9.17) is 4.74 Å². The first kappa shape index (κ1) is 15.9. The molecular formula is C18H21FN4O2. The molecule has 2 N–H and O–H groups in total. The van der Waals surface area contributed by atoms with Gasteiger partial charge in [0, 0.05) is 18.1 Å². The van der Waals surface area contributed by atoms with Gasteiger partial charge in [0.15, 0.2) is 11.6 Å². The molecular weight excluding hydrogens is 323 g/mol. The zero-order valence-corrected chi connectivity index (χ0v) is 14.0. The molecule has 2 amide bonds. The minimum absolute atomic E-state index is 0.228. The number of fused-ring (bicyclic) bond motifs is 1. The summed E-state index contributed by atoms with van der Waals surface area (Å²) in [5, 5.41) is 10.1. The number of carbonyl (C=O) groups is 1. The van der Waals surface area contributed by atoms with Crippen LogP contribution in [0.4, 0.5) is 15.0 Å². The van der Waals surface area contributed by atoms with Gasteiger partial charge in [0.2, 0.25) is 0 Å². The number of hydrogen-bond donors (Lipinski definition) is 2. The molecule has 0 spiro atoms. The van der Waals surface area contributed by atoms with Gasteiger partial charge in [-0.25, -0.2) is 13.9 Å². The molecule has 1 aromatic heterocycles. The van der Waals surface area contributed by atoms with Gasteiger partial charge in [-0.2, -0.15) is 5.10 Å². The summed E-state index contributed by atoms with van der Waals surface area (Å²) < 4.78 is 21.1. The second kappa shape index (κ2) is 6.38. The normalized spacial score (nSPS) is 20.3. The SMILES string of the molecule is C[C@H](C1CC1)n1nccc1NC(=O)N[C@H]1CCOc2c(F)cccc21. The number of nitrogens with one attached hydrogen (secondary N) is 2. The Bertz CT molecular complexity index is 787. The Labute approximate surface area is 145 Å². The number of amides is 2. The van der Waals surface area contributed by atoms with Gasteiger partial charge < -0.3 is 10.1 Å². The first-order chi connectivity index (χ1) is 12.1. The molecule has 2 heterocycles. The fourth-order valence-corrected chi connectivity index (χ4v) is 3.36. The Morgan fingerprint density at radius 3 is 3.00 bits per heavy atom. The van der Waals surface area contributed by atoms with E-state index in [1.54, 1.807) is 24.4 Å². The van der Waals surface area contributed by atoms with Crippen molar-refractivity contribution in [1.82, 2.24) is 15.1 Å². The van der Waals surface area contributed by atoms with E-state index in [0.717, 1.165) is 0 Å². The Kier molecular flexibility index (Phi) is 4.07. The quantitative estimate of drug-likeness (QED) is 0.890. The van der Waals surface area contributed by atoms with E-state index in [1.165, 1.54) is 18.9 Å². The summed E-state index contributed by atoms with van der Waals surface area (Å²) in [5.41, 5.74) is 0.668. The minimum Gasteiger partial charge on any atom is -0.490 e. The summed E-state index contributed by atoms with van der Waals surface area (Å²) in [4.78, 5) is 12.4. The topological polar surface area (TPSA) is 68.2 Å². The monoisotopic (exact) mass is 344 g/mol. The first-order valence-electron chi connectivity index (χ1n) is 8.65. The van der Waals surface area contributed by atoms with Gasteiger partial charge in [-0.3, -0.25) is 5.32 Å². The van der Waals surface area contributed by atoms with Crippen molar-refractivity contribution in [3.63, 3.8) is 0 Å². The van der Waals surface area contributed by atoms with Crippen LogP contribution >= 0.6 is 0 Å². The Balaban J connectivity index is 1.46. The maximum atomic E-state index is 13.8. The van der Waals surface area contributed by atoms with Crippen LogP contribution in [0.25, 0.3) is 0 Å². The van der Waals surface area contributed by atoms with Crippen LogP contribution in [-0.2, 0) is 0 Å². The van der Waals surface area contributed by atoms with Crippen molar-refractivity contribution in [2.75, 3.05) is 11.9 Å². The number of halogens is 1. The fourth-order valence-electron chi connectivity index (χ4n) is 3.36. The summed E-state index contributed by atoms with van der Waals surface area (Å²) >= 11 is 0. The van der Waals surface area contributed by atoms with E-state index in [1.807, 2.05) is 4.68 Å². The van der Waals surface area contributed by atoms with Crippen molar-refractivity contribution < 1.29 is 13.9 Å². The van der Waals surface area contributed by atoms with Crippen LogP contribution in [0.5, 0.6) is 5.75 Å². The smallest absolute Gasteiger partial charge is 0.320 e. The van der Waals surface area contributed by atoms with Gasteiger partial charge in [0.25, 0.3) is 0 Å². The number of ether oxygens (including phenoxy) is 1. The zero-order chi connectivity index (χ0) is 17.4. The highest BCUT2D eigenvalue weighted by Crippen LogP contribution is 2.40. The van der Waals surface area contributed by atoms with Crippen LogP contribution in [-0.4, -0.2) is 22.4 Å². The van der Waals surface area contributed by atoms with Gasteiger partial charge in [-0.05, 0) is 31.7 Å². The average Bonchev–Trinajstić information content (AvgIpc) is 3.35. The molecule has 25 heavy (non-hydrogen) atoms. The molecule has 0 bridgehead atoms. The van der Waals surface area contributed by atoms with Crippen molar-refractivity contribution in [2.45, 2.75) is 38.3 Å². The van der Waals surface area contributed by atoms with Crippen LogP contribution < -0.4 is 15.4 Å². The van der Waals surface area contributed by atoms with E-state index >= 15 is 0 Å².